The van der Waals surface area contributed by atoms with E-state index < -0.39 is 6.10 Å². The molecule has 0 aromatic heterocycles. The van der Waals surface area contributed by atoms with Crippen LogP contribution < -0.4 is 14.8 Å². The fourth-order valence-electron chi connectivity index (χ4n) is 2.36. The number of carbonyl (C=O) groups is 1. The number of unbranched alkanes of at least 4 members (excludes halogenated alkanes) is 1. The second-order valence-electron chi connectivity index (χ2n) is 6.00. The van der Waals surface area contributed by atoms with Crippen LogP contribution in [0.1, 0.15) is 38.7 Å². The third-order valence-corrected chi connectivity index (χ3v) is 3.91. The molecule has 1 N–H and O–H groups in total. The molecule has 0 aliphatic rings. The topological polar surface area (TPSA) is 47.6 Å². The first kappa shape index (κ1) is 18.8. The number of rotatable bonds is 9. The van der Waals surface area contributed by atoms with E-state index in [9.17, 15) is 4.79 Å². The van der Waals surface area contributed by atoms with Gasteiger partial charge in [0.25, 0.3) is 5.91 Å². The minimum Gasteiger partial charge on any atom is -0.494 e. The molecule has 0 radical (unpaired) electrons. The molecule has 0 bridgehead atoms. The molecule has 4 heteroatoms. The molecule has 1 atom stereocenters. The molecule has 0 aliphatic heterocycles. The van der Waals surface area contributed by atoms with Crippen molar-refractivity contribution >= 4 is 11.6 Å². The summed E-state index contributed by atoms with van der Waals surface area (Å²) in [6.07, 6.45) is 2.21. The van der Waals surface area contributed by atoms with Gasteiger partial charge in [-0.05, 0) is 55.7 Å². The van der Waals surface area contributed by atoms with Gasteiger partial charge in [0.1, 0.15) is 11.5 Å². The van der Waals surface area contributed by atoms with Crippen molar-refractivity contribution < 1.29 is 14.3 Å². The Labute approximate surface area is 150 Å². The lowest BCUT2D eigenvalue weighted by atomic mass is 10.2. The maximum atomic E-state index is 12.5. The molecule has 0 spiro atoms. The first-order chi connectivity index (χ1) is 12.1. The maximum Gasteiger partial charge on any atom is 0.265 e. The normalized spacial score (nSPS) is 11.6. The van der Waals surface area contributed by atoms with E-state index in [-0.39, 0.29) is 5.91 Å². The van der Waals surface area contributed by atoms with Crippen LogP contribution in [0.15, 0.2) is 48.5 Å². The first-order valence-electron chi connectivity index (χ1n) is 8.90. The van der Waals surface area contributed by atoms with E-state index >= 15 is 0 Å². The highest BCUT2D eigenvalue weighted by molar-refractivity contribution is 5.94. The Morgan fingerprint density at radius 2 is 1.80 bits per heavy atom. The SMILES string of the molecule is CCCCOc1ccc(NC(=O)C(CC)Oc2ccccc2C)cc1. The smallest absolute Gasteiger partial charge is 0.265 e. The molecule has 25 heavy (non-hydrogen) atoms. The van der Waals surface area contributed by atoms with Crippen LogP contribution in [0.4, 0.5) is 5.69 Å². The summed E-state index contributed by atoms with van der Waals surface area (Å²) < 4.78 is 11.5. The Hall–Kier alpha value is -2.49. The summed E-state index contributed by atoms with van der Waals surface area (Å²) in [7, 11) is 0. The van der Waals surface area contributed by atoms with Crippen molar-refractivity contribution in [2.24, 2.45) is 0 Å². The number of nitrogens with one attached hydrogen (secondary N) is 1. The zero-order valence-corrected chi connectivity index (χ0v) is 15.2. The lowest BCUT2D eigenvalue weighted by molar-refractivity contribution is -0.122. The first-order valence-corrected chi connectivity index (χ1v) is 8.90. The summed E-state index contributed by atoms with van der Waals surface area (Å²) in [5, 5.41) is 2.91. The summed E-state index contributed by atoms with van der Waals surface area (Å²) >= 11 is 0. The van der Waals surface area contributed by atoms with Crippen molar-refractivity contribution in [1.29, 1.82) is 0 Å². The van der Waals surface area contributed by atoms with E-state index in [2.05, 4.69) is 12.2 Å². The van der Waals surface area contributed by atoms with Gasteiger partial charge in [0.05, 0.1) is 6.61 Å². The van der Waals surface area contributed by atoms with Gasteiger partial charge in [-0.25, -0.2) is 0 Å². The van der Waals surface area contributed by atoms with Crippen molar-refractivity contribution in [3.05, 3.63) is 54.1 Å². The second kappa shape index (κ2) is 9.72. The van der Waals surface area contributed by atoms with Gasteiger partial charge >= 0.3 is 0 Å². The number of para-hydroxylation sites is 1. The zero-order valence-electron chi connectivity index (χ0n) is 15.2. The maximum absolute atomic E-state index is 12.5. The second-order valence-corrected chi connectivity index (χ2v) is 6.00. The van der Waals surface area contributed by atoms with Gasteiger partial charge < -0.3 is 14.8 Å². The monoisotopic (exact) mass is 341 g/mol. The van der Waals surface area contributed by atoms with Crippen molar-refractivity contribution in [3.8, 4) is 11.5 Å². The summed E-state index contributed by atoms with van der Waals surface area (Å²) in [4.78, 5) is 12.5. The van der Waals surface area contributed by atoms with Crippen LogP contribution in [0.3, 0.4) is 0 Å². The Kier molecular flexibility index (Phi) is 7.33. The summed E-state index contributed by atoms with van der Waals surface area (Å²) in [6, 6.07) is 15.1. The highest BCUT2D eigenvalue weighted by atomic mass is 16.5. The van der Waals surface area contributed by atoms with Gasteiger partial charge in [-0.3, -0.25) is 4.79 Å². The number of aryl methyl sites for hydroxylation is 1. The average molecular weight is 341 g/mol. The summed E-state index contributed by atoms with van der Waals surface area (Å²) in [5.41, 5.74) is 1.75. The number of hydrogen-bond acceptors (Lipinski definition) is 3. The molecule has 2 aromatic rings. The van der Waals surface area contributed by atoms with Gasteiger partial charge in [-0.1, -0.05) is 38.5 Å². The van der Waals surface area contributed by atoms with Crippen LogP contribution in [0.2, 0.25) is 0 Å². The van der Waals surface area contributed by atoms with E-state index in [4.69, 9.17) is 9.47 Å². The summed E-state index contributed by atoms with van der Waals surface area (Å²) in [5.74, 6) is 1.41. The van der Waals surface area contributed by atoms with Crippen LogP contribution in [0, 0.1) is 6.92 Å². The fraction of sp³-hybridized carbons (Fsp3) is 0.381. The lowest BCUT2D eigenvalue weighted by Gasteiger charge is -2.18. The third-order valence-electron chi connectivity index (χ3n) is 3.91. The zero-order chi connectivity index (χ0) is 18.1. The number of amides is 1. The molecule has 2 rings (SSSR count). The highest BCUT2D eigenvalue weighted by Crippen LogP contribution is 2.20. The Morgan fingerprint density at radius 3 is 2.44 bits per heavy atom. The Bertz CT molecular complexity index is 667. The van der Waals surface area contributed by atoms with Crippen molar-refractivity contribution in [2.45, 2.75) is 46.1 Å². The number of hydrogen-bond donors (Lipinski definition) is 1. The highest BCUT2D eigenvalue weighted by Gasteiger charge is 2.19. The van der Waals surface area contributed by atoms with Crippen LogP contribution >= 0.6 is 0 Å². The lowest BCUT2D eigenvalue weighted by Crippen LogP contribution is -2.32. The van der Waals surface area contributed by atoms with E-state index in [1.165, 1.54) is 0 Å². The molecule has 0 aliphatic carbocycles. The summed E-state index contributed by atoms with van der Waals surface area (Å²) in [6.45, 7) is 6.75. The molecular formula is C21H27NO3. The molecule has 1 unspecified atom stereocenters. The Morgan fingerprint density at radius 1 is 1.08 bits per heavy atom. The van der Waals surface area contributed by atoms with Crippen LogP contribution in [0.25, 0.3) is 0 Å². The fourth-order valence-corrected chi connectivity index (χ4v) is 2.36. The minimum atomic E-state index is -0.526. The van der Waals surface area contributed by atoms with E-state index in [0.29, 0.717) is 13.0 Å². The van der Waals surface area contributed by atoms with Crippen molar-refractivity contribution in [3.63, 3.8) is 0 Å². The van der Waals surface area contributed by atoms with Gasteiger partial charge in [0.15, 0.2) is 6.10 Å². The van der Waals surface area contributed by atoms with Crippen LogP contribution in [0.5, 0.6) is 11.5 Å². The largest absolute Gasteiger partial charge is 0.494 e. The number of carbonyl (C=O) groups excluding carboxylic acids is 1. The van der Waals surface area contributed by atoms with E-state index in [1.54, 1.807) is 0 Å². The molecular weight excluding hydrogens is 314 g/mol. The molecule has 2 aromatic carbocycles. The molecule has 0 heterocycles. The predicted molar refractivity (Wildman–Crippen MR) is 101 cm³/mol. The standard InChI is InChI=1S/C21H27NO3/c1-4-6-15-24-18-13-11-17(12-14-18)22-21(23)19(5-2)25-20-10-8-7-9-16(20)3/h7-14,19H,4-6,15H2,1-3H3,(H,22,23). The van der Waals surface area contributed by atoms with Crippen LogP contribution in [-0.2, 0) is 4.79 Å². The third kappa shape index (κ3) is 5.82. The van der Waals surface area contributed by atoms with E-state index in [1.807, 2.05) is 62.4 Å². The van der Waals surface area contributed by atoms with Gasteiger partial charge in [0, 0.05) is 5.69 Å². The molecule has 1 amide bonds. The molecule has 134 valence electrons. The van der Waals surface area contributed by atoms with E-state index in [0.717, 1.165) is 35.6 Å². The average Bonchev–Trinajstić information content (AvgIpc) is 2.62. The van der Waals surface area contributed by atoms with Gasteiger partial charge in [-0.15, -0.1) is 0 Å². The Balaban J connectivity index is 1.93. The molecule has 0 saturated carbocycles. The van der Waals surface area contributed by atoms with Gasteiger partial charge in [-0.2, -0.15) is 0 Å². The van der Waals surface area contributed by atoms with Crippen LogP contribution in [-0.4, -0.2) is 18.6 Å². The van der Waals surface area contributed by atoms with Crippen molar-refractivity contribution in [1.82, 2.24) is 0 Å². The number of anilines is 1. The quantitative estimate of drug-likeness (QED) is 0.655. The molecule has 4 nitrogen and oxygen atoms in total. The molecule has 0 fully saturated rings. The van der Waals surface area contributed by atoms with Gasteiger partial charge in [0.2, 0.25) is 0 Å². The predicted octanol–water partition coefficient (Wildman–Crippen LogP) is 4.97. The molecule has 0 saturated heterocycles. The minimum absolute atomic E-state index is 0.148. The number of ether oxygens (including phenoxy) is 2. The van der Waals surface area contributed by atoms with Crippen molar-refractivity contribution in [2.75, 3.05) is 11.9 Å². The number of benzene rings is 2.